The van der Waals surface area contributed by atoms with Crippen LogP contribution in [0.4, 0.5) is 5.69 Å². The van der Waals surface area contributed by atoms with Gasteiger partial charge >= 0.3 is 0 Å². The highest BCUT2D eigenvalue weighted by molar-refractivity contribution is 6.43. The Morgan fingerprint density at radius 1 is 1.19 bits per heavy atom. The van der Waals surface area contributed by atoms with Crippen LogP contribution >= 0.6 is 11.6 Å². The molecule has 2 aromatic carbocycles. The molecule has 0 saturated heterocycles. The second-order valence-electron chi connectivity index (χ2n) is 5.68. The number of hydrogen-bond donors (Lipinski definition) is 1. The quantitative estimate of drug-likeness (QED) is 0.766. The fourth-order valence-corrected chi connectivity index (χ4v) is 2.99. The monoisotopic (exact) mass is 367 g/mol. The third kappa shape index (κ3) is 3.16. The molecule has 1 aliphatic heterocycles. The van der Waals surface area contributed by atoms with E-state index in [9.17, 15) is 4.79 Å². The van der Waals surface area contributed by atoms with Gasteiger partial charge in [0.2, 0.25) is 0 Å². The molecule has 2 heterocycles. The van der Waals surface area contributed by atoms with E-state index in [0.29, 0.717) is 28.5 Å². The number of rotatable bonds is 4. The van der Waals surface area contributed by atoms with Crippen molar-refractivity contribution >= 4 is 28.9 Å². The van der Waals surface area contributed by atoms with Gasteiger partial charge in [-0.1, -0.05) is 53.2 Å². The molecule has 1 unspecified atom stereocenters. The molecule has 3 aromatic rings. The summed E-state index contributed by atoms with van der Waals surface area (Å²) in [5.41, 5.74) is 2.35. The first-order chi connectivity index (χ1) is 12.7. The SMILES string of the molecule is O=C(Nc1cccc(Cl)c1-n1cncn1)C1=NOC(c2ccccc2)C1. The molecule has 130 valence electrons. The lowest BCUT2D eigenvalue weighted by Crippen LogP contribution is -2.22. The third-order valence-corrected chi connectivity index (χ3v) is 4.29. The maximum atomic E-state index is 12.6. The van der Waals surface area contributed by atoms with Gasteiger partial charge in [-0.3, -0.25) is 4.79 Å². The smallest absolute Gasteiger partial charge is 0.273 e. The molecule has 1 atom stereocenters. The van der Waals surface area contributed by atoms with Crippen molar-refractivity contribution in [3.63, 3.8) is 0 Å². The number of anilines is 1. The summed E-state index contributed by atoms with van der Waals surface area (Å²) in [6.45, 7) is 0. The lowest BCUT2D eigenvalue weighted by Gasteiger charge is -2.12. The molecular weight excluding hydrogens is 354 g/mol. The number of aromatic nitrogens is 3. The summed E-state index contributed by atoms with van der Waals surface area (Å²) in [5.74, 6) is -0.341. The van der Waals surface area contributed by atoms with Crippen molar-refractivity contribution < 1.29 is 9.63 Å². The standard InChI is InChI=1S/C18H14ClN5O2/c19-13-7-4-8-14(17(13)24-11-20-10-21-24)22-18(25)15-9-16(26-23-15)12-5-2-1-3-6-12/h1-8,10-11,16H,9H2,(H,22,25). The normalized spacial score (nSPS) is 16.0. The fraction of sp³-hybridized carbons (Fsp3) is 0.111. The lowest BCUT2D eigenvalue weighted by molar-refractivity contribution is -0.110. The van der Waals surface area contributed by atoms with Crippen LogP contribution in [0.3, 0.4) is 0 Å². The van der Waals surface area contributed by atoms with Gasteiger partial charge in [0.15, 0.2) is 6.10 Å². The van der Waals surface area contributed by atoms with Crippen LogP contribution in [0.1, 0.15) is 18.1 Å². The predicted octanol–water partition coefficient (Wildman–Crippen LogP) is 3.38. The van der Waals surface area contributed by atoms with E-state index < -0.39 is 0 Å². The maximum absolute atomic E-state index is 12.6. The number of amides is 1. The molecule has 4 rings (SSSR count). The Morgan fingerprint density at radius 3 is 2.81 bits per heavy atom. The summed E-state index contributed by atoms with van der Waals surface area (Å²) in [7, 11) is 0. The number of nitrogens with one attached hydrogen (secondary N) is 1. The Kier molecular flexibility index (Phi) is 4.37. The molecular formula is C18H14ClN5O2. The van der Waals surface area contributed by atoms with E-state index >= 15 is 0 Å². The van der Waals surface area contributed by atoms with E-state index in [2.05, 4.69) is 20.6 Å². The zero-order chi connectivity index (χ0) is 17.9. The number of benzene rings is 2. The number of para-hydroxylation sites is 1. The van der Waals surface area contributed by atoms with Gasteiger partial charge in [-0.05, 0) is 17.7 Å². The molecule has 1 aromatic heterocycles. The summed E-state index contributed by atoms with van der Waals surface area (Å²) in [6.07, 6.45) is 3.05. The second kappa shape index (κ2) is 6.97. The highest BCUT2D eigenvalue weighted by Crippen LogP contribution is 2.30. The van der Waals surface area contributed by atoms with Crippen molar-refractivity contribution in [2.45, 2.75) is 12.5 Å². The number of nitrogens with zero attached hydrogens (tertiary/aromatic N) is 4. The van der Waals surface area contributed by atoms with Crippen LogP contribution in [-0.2, 0) is 9.63 Å². The molecule has 0 saturated carbocycles. The summed E-state index contributed by atoms with van der Waals surface area (Å²) < 4.78 is 1.50. The van der Waals surface area contributed by atoms with Crippen LogP contribution in [0.15, 0.2) is 66.3 Å². The average Bonchev–Trinajstić information content (AvgIpc) is 3.35. The molecule has 7 nitrogen and oxygen atoms in total. The van der Waals surface area contributed by atoms with Gasteiger partial charge in [-0.15, -0.1) is 0 Å². The van der Waals surface area contributed by atoms with Gasteiger partial charge in [0.1, 0.15) is 24.1 Å². The highest BCUT2D eigenvalue weighted by Gasteiger charge is 2.28. The molecule has 0 aliphatic carbocycles. The molecule has 0 radical (unpaired) electrons. The minimum atomic E-state index is -0.341. The van der Waals surface area contributed by atoms with Crippen molar-refractivity contribution in [1.82, 2.24) is 14.8 Å². The molecule has 0 fully saturated rings. The Hall–Kier alpha value is -3.19. The Labute approximate surface area is 154 Å². The number of oxime groups is 1. The van der Waals surface area contributed by atoms with Crippen LogP contribution in [0.2, 0.25) is 5.02 Å². The average molecular weight is 368 g/mol. The van der Waals surface area contributed by atoms with E-state index in [1.807, 2.05) is 30.3 Å². The molecule has 1 N–H and O–H groups in total. The van der Waals surface area contributed by atoms with E-state index in [1.54, 1.807) is 18.2 Å². The first-order valence-electron chi connectivity index (χ1n) is 7.95. The van der Waals surface area contributed by atoms with E-state index in [-0.39, 0.29) is 12.0 Å². The number of hydrogen-bond acceptors (Lipinski definition) is 5. The number of carbonyl (C=O) groups excluding carboxylic acids is 1. The molecule has 0 spiro atoms. The summed E-state index contributed by atoms with van der Waals surface area (Å²) >= 11 is 6.27. The lowest BCUT2D eigenvalue weighted by atomic mass is 10.0. The van der Waals surface area contributed by atoms with Crippen LogP contribution in [0.25, 0.3) is 5.69 Å². The number of halogens is 1. The molecule has 26 heavy (non-hydrogen) atoms. The van der Waals surface area contributed by atoms with Crippen molar-refractivity contribution in [2.75, 3.05) is 5.32 Å². The first-order valence-corrected chi connectivity index (χ1v) is 8.32. The maximum Gasteiger partial charge on any atom is 0.273 e. The van der Waals surface area contributed by atoms with Crippen LogP contribution < -0.4 is 5.32 Å². The van der Waals surface area contributed by atoms with Gasteiger partial charge in [0.25, 0.3) is 5.91 Å². The van der Waals surface area contributed by atoms with E-state index in [0.717, 1.165) is 5.56 Å². The van der Waals surface area contributed by atoms with Crippen LogP contribution in [-0.4, -0.2) is 26.4 Å². The summed E-state index contributed by atoms with van der Waals surface area (Å²) in [6, 6.07) is 14.9. The zero-order valence-corrected chi connectivity index (χ0v) is 14.3. The highest BCUT2D eigenvalue weighted by atomic mass is 35.5. The minimum absolute atomic E-state index is 0.258. The van der Waals surface area contributed by atoms with Gasteiger partial charge in [-0.25, -0.2) is 9.67 Å². The zero-order valence-electron chi connectivity index (χ0n) is 13.5. The van der Waals surface area contributed by atoms with Crippen molar-refractivity contribution in [3.05, 3.63) is 71.8 Å². The topological polar surface area (TPSA) is 81.4 Å². The van der Waals surface area contributed by atoms with E-state index in [1.165, 1.54) is 17.3 Å². The third-order valence-electron chi connectivity index (χ3n) is 3.99. The van der Waals surface area contributed by atoms with E-state index in [4.69, 9.17) is 16.4 Å². The summed E-state index contributed by atoms with van der Waals surface area (Å²) in [4.78, 5) is 21.9. The second-order valence-corrected chi connectivity index (χ2v) is 6.08. The Bertz CT molecular complexity index is 957. The molecule has 1 aliphatic rings. The van der Waals surface area contributed by atoms with Gasteiger partial charge in [-0.2, -0.15) is 5.10 Å². The fourth-order valence-electron chi connectivity index (χ4n) is 2.73. The molecule has 1 amide bonds. The van der Waals surface area contributed by atoms with Crippen molar-refractivity contribution in [2.24, 2.45) is 5.16 Å². The van der Waals surface area contributed by atoms with Gasteiger partial charge in [0, 0.05) is 6.42 Å². The first kappa shape index (κ1) is 16.3. The van der Waals surface area contributed by atoms with Gasteiger partial charge in [0.05, 0.1) is 10.7 Å². The van der Waals surface area contributed by atoms with Gasteiger partial charge < -0.3 is 10.2 Å². The Morgan fingerprint density at radius 2 is 2.04 bits per heavy atom. The van der Waals surface area contributed by atoms with Crippen LogP contribution in [0, 0.1) is 0 Å². The predicted molar refractivity (Wildman–Crippen MR) is 97.3 cm³/mol. The molecule has 8 heteroatoms. The largest absolute Gasteiger partial charge is 0.387 e. The Balaban J connectivity index is 1.52. The van der Waals surface area contributed by atoms with Crippen LogP contribution in [0.5, 0.6) is 0 Å². The van der Waals surface area contributed by atoms with Crippen molar-refractivity contribution in [1.29, 1.82) is 0 Å². The van der Waals surface area contributed by atoms with Crippen molar-refractivity contribution in [3.8, 4) is 5.69 Å². The molecule has 0 bridgehead atoms. The number of carbonyl (C=O) groups is 1. The summed E-state index contributed by atoms with van der Waals surface area (Å²) in [5, 5.41) is 11.3. The minimum Gasteiger partial charge on any atom is -0.387 e.